The second kappa shape index (κ2) is 10.4. The Labute approximate surface area is 217 Å². The van der Waals surface area contributed by atoms with Gasteiger partial charge in [0.2, 0.25) is 17.7 Å². The molecule has 3 aromatic heterocycles. The molecule has 1 aromatic carbocycles. The zero-order valence-corrected chi connectivity index (χ0v) is 20.5. The van der Waals surface area contributed by atoms with Crippen molar-refractivity contribution in [2.24, 2.45) is 0 Å². The van der Waals surface area contributed by atoms with Crippen molar-refractivity contribution < 1.29 is 23.4 Å². The molecule has 0 saturated carbocycles. The van der Waals surface area contributed by atoms with Gasteiger partial charge in [-0.05, 0) is 24.3 Å². The third-order valence-corrected chi connectivity index (χ3v) is 6.61. The molecule has 0 spiro atoms. The number of furan rings is 1. The average Bonchev–Trinajstić information content (AvgIpc) is 3.67. The van der Waals surface area contributed by atoms with Gasteiger partial charge in [-0.15, -0.1) is 5.10 Å². The number of halogens is 1. The van der Waals surface area contributed by atoms with Gasteiger partial charge in [0.05, 0.1) is 25.2 Å². The van der Waals surface area contributed by atoms with E-state index < -0.39 is 12.2 Å². The van der Waals surface area contributed by atoms with E-state index in [2.05, 4.69) is 30.3 Å². The van der Waals surface area contributed by atoms with Crippen LogP contribution in [0, 0.1) is 5.82 Å². The summed E-state index contributed by atoms with van der Waals surface area (Å²) in [6, 6.07) is 8.34. The van der Waals surface area contributed by atoms with Gasteiger partial charge in [0.15, 0.2) is 5.76 Å². The van der Waals surface area contributed by atoms with Crippen molar-refractivity contribution in [2.75, 3.05) is 68.4 Å². The van der Waals surface area contributed by atoms with Crippen LogP contribution in [0.1, 0.15) is 0 Å². The molecule has 2 atom stereocenters. The lowest BCUT2D eigenvalue weighted by Gasteiger charge is -2.36. The van der Waals surface area contributed by atoms with E-state index in [0.717, 1.165) is 19.6 Å². The fraction of sp³-hybridized carbons (Fsp3) is 0.417. The van der Waals surface area contributed by atoms with Crippen LogP contribution in [0.4, 0.5) is 22.0 Å². The molecule has 0 radical (unpaired) electrons. The number of piperazine rings is 1. The number of nitrogens with one attached hydrogen (secondary N) is 1. The zero-order valence-electron chi connectivity index (χ0n) is 20.5. The Balaban J connectivity index is 0.998. The highest BCUT2D eigenvalue weighted by Crippen LogP contribution is 2.27. The SMILES string of the molecule is Nc1nc(NCCN2CCN(c3ccc(O[C@@H]4COC[C@H]4O)cc3F)CC2)nc2nc(-c3ccco3)nn12. The summed E-state index contributed by atoms with van der Waals surface area (Å²) < 4.78 is 32.4. The quantitative estimate of drug-likeness (QED) is 0.299. The second-order valence-corrected chi connectivity index (χ2v) is 9.16. The summed E-state index contributed by atoms with van der Waals surface area (Å²) in [4.78, 5) is 17.3. The maximum absolute atomic E-state index is 14.8. The van der Waals surface area contributed by atoms with Crippen molar-refractivity contribution in [1.29, 1.82) is 0 Å². The minimum absolute atomic E-state index is 0.169. The maximum atomic E-state index is 14.8. The van der Waals surface area contributed by atoms with E-state index in [4.69, 9.17) is 19.6 Å². The van der Waals surface area contributed by atoms with Gasteiger partial charge in [-0.1, -0.05) is 0 Å². The van der Waals surface area contributed by atoms with Crippen molar-refractivity contribution in [2.45, 2.75) is 12.2 Å². The molecular weight excluding hydrogens is 497 g/mol. The van der Waals surface area contributed by atoms with Crippen molar-refractivity contribution in [1.82, 2.24) is 29.5 Å². The molecule has 0 amide bonds. The Morgan fingerprint density at radius 3 is 2.74 bits per heavy atom. The predicted octanol–water partition coefficient (Wildman–Crippen LogP) is 0.873. The van der Waals surface area contributed by atoms with Crippen LogP contribution in [0.5, 0.6) is 5.75 Å². The summed E-state index contributed by atoms with van der Waals surface area (Å²) in [6.07, 6.45) is 0.372. The van der Waals surface area contributed by atoms with Crippen LogP contribution in [0.25, 0.3) is 17.4 Å². The Bertz CT molecular complexity index is 1390. The summed E-state index contributed by atoms with van der Waals surface area (Å²) in [5, 5.41) is 17.3. The van der Waals surface area contributed by atoms with E-state index in [1.807, 2.05) is 4.90 Å². The van der Waals surface area contributed by atoms with E-state index in [9.17, 15) is 9.50 Å². The van der Waals surface area contributed by atoms with Gasteiger partial charge in [0.1, 0.15) is 23.8 Å². The maximum Gasteiger partial charge on any atom is 0.259 e. The second-order valence-electron chi connectivity index (χ2n) is 9.16. The first kappa shape index (κ1) is 24.3. The number of aliphatic hydroxyl groups excluding tert-OH is 1. The van der Waals surface area contributed by atoms with E-state index in [1.54, 1.807) is 30.5 Å². The van der Waals surface area contributed by atoms with E-state index in [0.29, 0.717) is 61.0 Å². The van der Waals surface area contributed by atoms with E-state index in [-0.39, 0.29) is 18.4 Å². The van der Waals surface area contributed by atoms with Crippen LogP contribution in [0.2, 0.25) is 0 Å². The molecule has 0 bridgehead atoms. The summed E-state index contributed by atoms with van der Waals surface area (Å²) in [6.45, 7) is 4.83. The molecule has 13 nitrogen and oxygen atoms in total. The molecule has 38 heavy (non-hydrogen) atoms. The van der Waals surface area contributed by atoms with Gasteiger partial charge in [0, 0.05) is 45.3 Å². The molecule has 2 aliphatic heterocycles. The number of rotatable bonds is 8. The molecule has 200 valence electrons. The molecule has 6 rings (SSSR count). The first-order valence-corrected chi connectivity index (χ1v) is 12.4. The largest absolute Gasteiger partial charge is 0.485 e. The Morgan fingerprint density at radius 2 is 2.00 bits per heavy atom. The molecule has 2 aliphatic rings. The van der Waals surface area contributed by atoms with Crippen molar-refractivity contribution in [3.05, 3.63) is 42.4 Å². The first-order valence-electron chi connectivity index (χ1n) is 12.4. The molecule has 5 heterocycles. The molecule has 4 N–H and O–H groups in total. The molecule has 0 aliphatic carbocycles. The molecule has 14 heteroatoms. The monoisotopic (exact) mass is 525 g/mol. The van der Waals surface area contributed by atoms with Gasteiger partial charge < -0.3 is 34.9 Å². The average molecular weight is 526 g/mol. The predicted molar refractivity (Wildman–Crippen MR) is 135 cm³/mol. The number of nitrogens with two attached hydrogens (primary N) is 1. The number of aromatic nitrogens is 5. The molecule has 0 unspecified atom stereocenters. The van der Waals surface area contributed by atoms with Crippen LogP contribution in [0.15, 0.2) is 41.0 Å². The normalized spacial score (nSPS) is 20.3. The standard InChI is InChI=1S/C24H28FN9O4/c25-16-12-15(38-20-14-36-13-18(20)35)3-4-17(16)33-9-7-32(8-10-33)6-5-27-23-29-22(26)34-24(30-23)28-21(31-34)19-2-1-11-37-19/h1-4,11-12,18,20,35H,5-10,13-14H2,(H3,26,27,28,29,30,31)/t18-,20-/m1/s1. The Kier molecular flexibility index (Phi) is 6.66. The van der Waals surface area contributed by atoms with E-state index >= 15 is 0 Å². The van der Waals surface area contributed by atoms with Gasteiger partial charge in [-0.2, -0.15) is 19.5 Å². The summed E-state index contributed by atoms with van der Waals surface area (Å²) in [5.41, 5.74) is 6.58. The molecule has 4 aromatic rings. The van der Waals surface area contributed by atoms with Crippen molar-refractivity contribution in [3.8, 4) is 17.3 Å². The lowest BCUT2D eigenvalue weighted by Crippen LogP contribution is -2.48. The molecule has 2 fully saturated rings. The first-order chi connectivity index (χ1) is 18.5. The number of nitrogens with zero attached hydrogens (tertiary/aromatic N) is 7. The summed E-state index contributed by atoms with van der Waals surface area (Å²) in [5.74, 6) is 1.80. The smallest absolute Gasteiger partial charge is 0.259 e. The number of hydrogen-bond donors (Lipinski definition) is 3. The minimum Gasteiger partial charge on any atom is -0.485 e. The highest BCUT2D eigenvalue weighted by Gasteiger charge is 2.28. The number of anilines is 3. The highest BCUT2D eigenvalue weighted by molar-refractivity contribution is 5.53. The Morgan fingerprint density at radius 1 is 1.13 bits per heavy atom. The van der Waals surface area contributed by atoms with Gasteiger partial charge >= 0.3 is 0 Å². The van der Waals surface area contributed by atoms with Gasteiger partial charge in [-0.3, -0.25) is 4.90 Å². The van der Waals surface area contributed by atoms with Crippen LogP contribution in [-0.4, -0.2) is 99.3 Å². The molecule has 2 saturated heterocycles. The lowest BCUT2D eigenvalue weighted by molar-refractivity contribution is 0.0731. The van der Waals surface area contributed by atoms with Crippen LogP contribution in [0.3, 0.4) is 0 Å². The summed E-state index contributed by atoms with van der Waals surface area (Å²) in [7, 11) is 0. The van der Waals surface area contributed by atoms with Gasteiger partial charge in [0.25, 0.3) is 5.78 Å². The van der Waals surface area contributed by atoms with Crippen molar-refractivity contribution >= 4 is 23.4 Å². The fourth-order valence-electron chi connectivity index (χ4n) is 4.56. The number of fused-ring (bicyclic) bond motifs is 1. The number of aliphatic hydroxyl groups is 1. The zero-order chi connectivity index (χ0) is 26.1. The highest BCUT2D eigenvalue weighted by atomic mass is 19.1. The van der Waals surface area contributed by atoms with Crippen LogP contribution >= 0.6 is 0 Å². The van der Waals surface area contributed by atoms with Crippen LogP contribution in [-0.2, 0) is 4.74 Å². The topological polar surface area (TPSA) is 152 Å². The number of nitrogen functional groups attached to an aromatic ring is 1. The number of benzene rings is 1. The number of ether oxygens (including phenoxy) is 2. The third-order valence-electron chi connectivity index (χ3n) is 6.61. The Hall–Kier alpha value is -4.01. The van der Waals surface area contributed by atoms with Gasteiger partial charge in [-0.25, -0.2) is 4.39 Å². The van der Waals surface area contributed by atoms with Crippen LogP contribution < -0.4 is 20.7 Å². The summed E-state index contributed by atoms with van der Waals surface area (Å²) >= 11 is 0. The minimum atomic E-state index is -0.699. The molecular formula is C24H28FN9O4. The third kappa shape index (κ3) is 5.05. The van der Waals surface area contributed by atoms with E-state index in [1.165, 1.54) is 10.6 Å². The fourth-order valence-corrected chi connectivity index (χ4v) is 4.56. The van der Waals surface area contributed by atoms with Crippen molar-refractivity contribution in [3.63, 3.8) is 0 Å². The lowest BCUT2D eigenvalue weighted by atomic mass is 10.2. The number of hydrogen-bond acceptors (Lipinski definition) is 12.